The van der Waals surface area contributed by atoms with E-state index in [1.54, 1.807) is 25.1 Å². The summed E-state index contributed by atoms with van der Waals surface area (Å²) < 4.78 is 30.0. The van der Waals surface area contributed by atoms with E-state index in [2.05, 4.69) is 9.71 Å². The molecule has 5 nitrogen and oxygen atoms in total. The number of nitrogens with zero attached hydrogens (tertiary/aromatic N) is 2. The SMILES string of the molecule is Cc1ccc(NS(=O)(=O)c2cc(-c3nc(C)cs3)n(C)c2C)cc1. The zero-order valence-electron chi connectivity index (χ0n) is 14.0. The van der Waals surface area contributed by atoms with Crippen molar-refractivity contribution in [2.24, 2.45) is 7.05 Å². The third-order valence-electron chi connectivity index (χ3n) is 3.92. The Kier molecular flexibility index (Phi) is 4.23. The van der Waals surface area contributed by atoms with Gasteiger partial charge in [0.2, 0.25) is 0 Å². The molecule has 2 heterocycles. The largest absolute Gasteiger partial charge is 0.345 e. The minimum absolute atomic E-state index is 0.272. The first-order chi connectivity index (χ1) is 11.3. The molecule has 3 aromatic rings. The molecule has 0 radical (unpaired) electrons. The molecule has 3 rings (SSSR count). The molecule has 0 saturated heterocycles. The van der Waals surface area contributed by atoms with E-state index in [-0.39, 0.29) is 4.90 Å². The number of rotatable bonds is 4. The van der Waals surface area contributed by atoms with Gasteiger partial charge in [-0.2, -0.15) is 0 Å². The number of sulfonamides is 1. The quantitative estimate of drug-likeness (QED) is 0.767. The number of anilines is 1. The van der Waals surface area contributed by atoms with Gasteiger partial charge < -0.3 is 4.57 Å². The van der Waals surface area contributed by atoms with E-state index in [1.165, 1.54) is 11.3 Å². The Morgan fingerprint density at radius 1 is 1.12 bits per heavy atom. The van der Waals surface area contributed by atoms with Gasteiger partial charge in [-0.25, -0.2) is 13.4 Å². The van der Waals surface area contributed by atoms with Crippen molar-refractivity contribution in [3.63, 3.8) is 0 Å². The van der Waals surface area contributed by atoms with E-state index in [0.717, 1.165) is 22.0 Å². The molecule has 24 heavy (non-hydrogen) atoms. The molecule has 0 fully saturated rings. The maximum atomic E-state index is 12.8. The van der Waals surface area contributed by atoms with E-state index < -0.39 is 10.0 Å². The number of aromatic nitrogens is 2. The van der Waals surface area contributed by atoms with Gasteiger partial charge >= 0.3 is 0 Å². The molecule has 2 aromatic heterocycles. The van der Waals surface area contributed by atoms with Crippen LogP contribution in [0.15, 0.2) is 40.6 Å². The molecule has 0 aliphatic carbocycles. The van der Waals surface area contributed by atoms with Crippen LogP contribution in [-0.4, -0.2) is 18.0 Å². The molecule has 0 amide bonds. The fourth-order valence-electron chi connectivity index (χ4n) is 2.45. The number of hydrogen-bond donors (Lipinski definition) is 1. The normalized spacial score (nSPS) is 11.7. The molecule has 7 heteroatoms. The maximum Gasteiger partial charge on any atom is 0.263 e. The molecule has 0 bridgehead atoms. The van der Waals surface area contributed by atoms with Crippen LogP contribution in [0.1, 0.15) is 17.0 Å². The Balaban J connectivity index is 2.00. The zero-order chi connectivity index (χ0) is 17.5. The number of benzene rings is 1. The Morgan fingerprint density at radius 2 is 1.79 bits per heavy atom. The number of hydrogen-bond acceptors (Lipinski definition) is 4. The summed E-state index contributed by atoms with van der Waals surface area (Å²) in [4.78, 5) is 4.73. The first-order valence-electron chi connectivity index (χ1n) is 7.46. The van der Waals surface area contributed by atoms with E-state index in [9.17, 15) is 8.42 Å². The van der Waals surface area contributed by atoms with Crippen molar-refractivity contribution in [1.29, 1.82) is 0 Å². The van der Waals surface area contributed by atoms with Crippen molar-refractivity contribution in [3.8, 4) is 10.7 Å². The fourth-order valence-corrected chi connectivity index (χ4v) is 4.65. The van der Waals surface area contributed by atoms with Gasteiger partial charge in [0.05, 0.1) is 5.69 Å². The second-order valence-electron chi connectivity index (χ2n) is 5.80. The lowest BCUT2D eigenvalue weighted by atomic mass is 10.2. The summed E-state index contributed by atoms with van der Waals surface area (Å²) in [5, 5.41) is 2.77. The highest BCUT2D eigenvalue weighted by atomic mass is 32.2. The van der Waals surface area contributed by atoms with Crippen LogP contribution in [0.5, 0.6) is 0 Å². The lowest BCUT2D eigenvalue weighted by Crippen LogP contribution is -2.13. The molecule has 0 aliphatic heterocycles. The van der Waals surface area contributed by atoms with Crippen LogP contribution < -0.4 is 4.72 Å². The highest BCUT2D eigenvalue weighted by Crippen LogP contribution is 2.30. The summed E-state index contributed by atoms with van der Waals surface area (Å²) >= 11 is 1.51. The Morgan fingerprint density at radius 3 is 2.38 bits per heavy atom. The van der Waals surface area contributed by atoms with Crippen LogP contribution in [0.2, 0.25) is 0 Å². The summed E-state index contributed by atoms with van der Waals surface area (Å²) in [6.45, 7) is 5.68. The molecule has 0 atom stereocenters. The molecule has 1 N–H and O–H groups in total. The van der Waals surface area contributed by atoms with Gasteiger partial charge in [-0.1, -0.05) is 17.7 Å². The van der Waals surface area contributed by atoms with Crippen molar-refractivity contribution < 1.29 is 8.42 Å². The van der Waals surface area contributed by atoms with Crippen LogP contribution in [0.3, 0.4) is 0 Å². The summed E-state index contributed by atoms with van der Waals surface area (Å²) in [7, 11) is -1.80. The van der Waals surface area contributed by atoms with Gasteiger partial charge in [0.25, 0.3) is 10.0 Å². The van der Waals surface area contributed by atoms with Crippen molar-refractivity contribution in [3.05, 3.63) is 52.7 Å². The average molecular weight is 361 g/mol. The number of aryl methyl sites for hydroxylation is 2. The van der Waals surface area contributed by atoms with Gasteiger partial charge in [-0.3, -0.25) is 4.72 Å². The average Bonchev–Trinajstić information content (AvgIpc) is 3.07. The van der Waals surface area contributed by atoms with Crippen LogP contribution in [0.25, 0.3) is 10.7 Å². The summed E-state index contributed by atoms with van der Waals surface area (Å²) in [5.41, 5.74) is 4.04. The summed E-state index contributed by atoms with van der Waals surface area (Å²) in [6, 6.07) is 8.95. The second-order valence-corrected chi connectivity index (χ2v) is 8.31. The van der Waals surface area contributed by atoms with Gasteiger partial charge in [0.15, 0.2) is 0 Å². The number of thiazole rings is 1. The van der Waals surface area contributed by atoms with Gasteiger partial charge in [-0.15, -0.1) is 11.3 Å². The summed E-state index contributed by atoms with van der Waals surface area (Å²) in [5.74, 6) is 0. The third kappa shape index (κ3) is 3.09. The predicted molar refractivity (Wildman–Crippen MR) is 98.0 cm³/mol. The van der Waals surface area contributed by atoms with E-state index in [0.29, 0.717) is 11.4 Å². The smallest absolute Gasteiger partial charge is 0.263 e. The molecular formula is C17H19N3O2S2. The van der Waals surface area contributed by atoms with Crippen LogP contribution in [-0.2, 0) is 17.1 Å². The maximum absolute atomic E-state index is 12.8. The van der Waals surface area contributed by atoms with Crippen LogP contribution in [0.4, 0.5) is 5.69 Å². The van der Waals surface area contributed by atoms with Gasteiger partial charge in [-0.05, 0) is 39.0 Å². The van der Waals surface area contributed by atoms with E-state index in [1.807, 2.05) is 43.0 Å². The van der Waals surface area contributed by atoms with E-state index >= 15 is 0 Å². The number of nitrogens with one attached hydrogen (secondary N) is 1. The minimum Gasteiger partial charge on any atom is -0.345 e. The summed E-state index contributed by atoms with van der Waals surface area (Å²) in [6.07, 6.45) is 0. The molecule has 1 aromatic carbocycles. The first kappa shape index (κ1) is 16.7. The molecule has 0 spiro atoms. The van der Waals surface area contributed by atoms with Crippen LogP contribution in [0, 0.1) is 20.8 Å². The highest BCUT2D eigenvalue weighted by molar-refractivity contribution is 7.92. The van der Waals surface area contributed by atoms with Gasteiger partial charge in [0.1, 0.15) is 9.90 Å². The second kappa shape index (κ2) is 6.07. The Bertz CT molecular complexity index is 984. The lowest BCUT2D eigenvalue weighted by Gasteiger charge is -2.08. The van der Waals surface area contributed by atoms with Crippen LogP contribution >= 0.6 is 11.3 Å². The highest BCUT2D eigenvalue weighted by Gasteiger charge is 2.23. The Labute approximate surface area is 146 Å². The van der Waals surface area contributed by atoms with Crippen molar-refractivity contribution >= 4 is 27.0 Å². The lowest BCUT2D eigenvalue weighted by molar-refractivity contribution is 0.600. The van der Waals surface area contributed by atoms with Crippen molar-refractivity contribution in [2.75, 3.05) is 4.72 Å². The van der Waals surface area contributed by atoms with Crippen molar-refractivity contribution in [2.45, 2.75) is 25.7 Å². The molecule has 0 saturated carbocycles. The minimum atomic E-state index is -3.65. The van der Waals surface area contributed by atoms with Gasteiger partial charge in [0, 0.05) is 29.5 Å². The fraction of sp³-hybridized carbons (Fsp3) is 0.235. The Hall–Kier alpha value is -2.12. The van der Waals surface area contributed by atoms with E-state index in [4.69, 9.17) is 0 Å². The molecule has 0 aliphatic rings. The predicted octanol–water partition coefficient (Wildman–Crippen LogP) is 3.87. The van der Waals surface area contributed by atoms with Crippen molar-refractivity contribution in [1.82, 2.24) is 9.55 Å². The topological polar surface area (TPSA) is 64.0 Å². The molecule has 0 unspecified atom stereocenters. The zero-order valence-corrected chi connectivity index (χ0v) is 15.6. The first-order valence-corrected chi connectivity index (χ1v) is 9.82. The standard InChI is InChI=1S/C17H19N3O2S2/c1-11-5-7-14(8-6-11)19-24(21,22)16-9-15(20(4)13(16)3)17-18-12(2)10-23-17/h5-10,19H,1-4H3. The monoisotopic (exact) mass is 361 g/mol. The molecular weight excluding hydrogens is 342 g/mol. The third-order valence-corrected chi connectivity index (χ3v) is 6.40. The molecule has 126 valence electrons.